The Labute approximate surface area is 174 Å². The zero-order chi connectivity index (χ0) is 20.8. The lowest BCUT2D eigenvalue weighted by atomic mass is 9.85. The van der Waals surface area contributed by atoms with Crippen LogP contribution in [0.15, 0.2) is 29.4 Å². The fourth-order valence-corrected chi connectivity index (χ4v) is 4.41. The fraction of sp³-hybridized carbons (Fsp3) is 0.500. The van der Waals surface area contributed by atoms with Crippen molar-refractivity contribution in [3.05, 3.63) is 24.3 Å². The summed E-state index contributed by atoms with van der Waals surface area (Å²) in [6, 6.07) is 8.06. The molecule has 3 rings (SSSR count). The van der Waals surface area contributed by atoms with Crippen LogP contribution in [0.5, 0.6) is 5.75 Å². The van der Waals surface area contributed by atoms with E-state index in [2.05, 4.69) is 32.5 Å². The number of carbonyl (C=O) groups excluding carboxylic acids is 2. The average molecular weight is 418 g/mol. The summed E-state index contributed by atoms with van der Waals surface area (Å²) in [5.41, 5.74) is 5.65. The van der Waals surface area contributed by atoms with Crippen LogP contribution in [0.4, 0.5) is 0 Å². The summed E-state index contributed by atoms with van der Waals surface area (Å²) in [6.45, 7) is 3.61. The molecular formula is C20H27N5O3S. The minimum Gasteiger partial charge on any atom is -0.497 e. The van der Waals surface area contributed by atoms with Gasteiger partial charge in [-0.3, -0.25) is 25.0 Å². The molecule has 0 bridgehead atoms. The number of hydrogen-bond acceptors (Lipinski definition) is 6. The van der Waals surface area contributed by atoms with Gasteiger partial charge >= 0.3 is 0 Å². The highest BCUT2D eigenvalue weighted by Crippen LogP contribution is 2.39. The SMILES string of the molecule is COc1ccc(-c2nnc(SCC(=O)NNC(C)=O)n2[C@H]2CCCC[C@@H]2C)cc1. The molecule has 2 amide bonds. The summed E-state index contributed by atoms with van der Waals surface area (Å²) in [7, 11) is 1.64. The molecule has 2 aromatic rings. The molecule has 9 heteroatoms. The van der Waals surface area contributed by atoms with Crippen LogP contribution in [-0.2, 0) is 9.59 Å². The average Bonchev–Trinajstić information content (AvgIpc) is 3.14. The molecule has 2 atom stereocenters. The number of hydrazine groups is 1. The van der Waals surface area contributed by atoms with E-state index in [4.69, 9.17) is 4.74 Å². The number of ether oxygens (including phenoxy) is 1. The molecule has 1 aliphatic carbocycles. The molecule has 1 aliphatic rings. The molecule has 2 N–H and O–H groups in total. The van der Waals surface area contributed by atoms with Crippen LogP contribution in [0, 0.1) is 5.92 Å². The quantitative estimate of drug-likeness (QED) is 0.554. The summed E-state index contributed by atoms with van der Waals surface area (Å²) >= 11 is 1.33. The first-order chi connectivity index (χ1) is 14.0. The molecule has 29 heavy (non-hydrogen) atoms. The highest BCUT2D eigenvalue weighted by molar-refractivity contribution is 7.99. The minimum absolute atomic E-state index is 0.141. The second kappa shape index (κ2) is 9.78. The van der Waals surface area contributed by atoms with Gasteiger partial charge in [-0.15, -0.1) is 10.2 Å². The summed E-state index contributed by atoms with van der Waals surface area (Å²) in [5.74, 6) is 1.63. The van der Waals surface area contributed by atoms with Gasteiger partial charge in [0.1, 0.15) is 5.75 Å². The van der Waals surface area contributed by atoms with Gasteiger partial charge in [0.2, 0.25) is 11.8 Å². The Morgan fingerprint density at radius 1 is 1.17 bits per heavy atom. The minimum atomic E-state index is -0.315. The van der Waals surface area contributed by atoms with Gasteiger partial charge in [-0.1, -0.05) is 31.5 Å². The van der Waals surface area contributed by atoms with Crippen molar-refractivity contribution in [1.82, 2.24) is 25.6 Å². The topological polar surface area (TPSA) is 98.1 Å². The molecule has 0 spiro atoms. The van der Waals surface area contributed by atoms with Gasteiger partial charge in [0.15, 0.2) is 11.0 Å². The van der Waals surface area contributed by atoms with E-state index in [0.717, 1.165) is 30.0 Å². The van der Waals surface area contributed by atoms with E-state index < -0.39 is 0 Å². The van der Waals surface area contributed by atoms with Crippen molar-refractivity contribution in [3.63, 3.8) is 0 Å². The lowest BCUT2D eigenvalue weighted by molar-refractivity contribution is -0.126. The van der Waals surface area contributed by atoms with E-state index in [0.29, 0.717) is 11.1 Å². The molecular weight excluding hydrogens is 390 g/mol. The third-order valence-electron chi connectivity index (χ3n) is 5.12. The van der Waals surface area contributed by atoms with Crippen molar-refractivity contribution in [2.24, 2.45) is 5.92 Å². The lowest BCUT2D eigenvalue weighted by Gasteiger charge is -2.31. The van der Waals surface area contributed by atoms with E-state index in [-0.39, 0.29) is 23.6 Å². The Bertz CT molecular complexity index is 852. The molecule has 1 aromatic carbocycles. The van der Waals surface area contributed by atoms with Crippen LogP contribution in [0.1, 0.15) is 45.6 Å². The molecule has 1 aromatic heterocycles. The standard InChI is InChI=1S/C20H27N5O3S/c1-13-6-4-5-7-17(13)25-19(15-8-10-16(28-3)11-9-15)23-24-20(25)29-12-18(27)22-21-14(2)26/h8-11,13,17H,4-7,12H2,1-3H3,(H,21,26)(H,22,27)/t13-,17-/m0/s1. The first-order valence-corrected chi connectivity index (χ1v) is 10.8. The second-order valence-corrected chi connectivity index (χ2v) is 8.19. The van der Waals surface area contributed by atoms with Gasteiger partial charge in [-0.25, -0.2) is 0 Å². The molecule has 0 unspecified atom stereocenters. The summed E-state index contributed by atoms with van der Waals surface area (Å²) in [4.78, 5) is 23.0. The van der Waals surface area contributed by atoms with Crippen LogP contribution >= 0.6 is 11.8 Å². The zero-order valence-corrected chi connectivity index (χ0v) is 17.8. The first-order valence-electron chi connectivity index (χ1n) is 9.77. The van der Waals surface area contributed by atoms with Crippen molar-refractivity contribution < 1.29 is 14.3 Å². The van der Waals surface area contributed by atoms with Crippen LogP contribution < -0.4 is 15.6 Å². The fourth-order valence-electron chi connectivity index (χ4n) is 3.62. The third kappa shape index (κ3) is 5.29. The van der Waals surface area contributed by atoms with E-state index in [1.54, 1.807) is 7.11 Å². The number of hydrogen-bond donors (Lipinski definition) is 2. The van der Waals surface area contributed by atoms with Crippen LogP contribution in [0.2, 0.25) is 0 Å². The van der Waals surface area contributed by atoms with Crippen LogP contribution in [-0.4, -0.2) is 39.4 Å². The predicted octanol–water partition coefficient (Wildman–Crippen LogP) is 2.96. The molecule has 8 nitrogen and oxygen atoms in total. The molecule has 0 aliphatic heterocycles. The van der Waals surface area contributed by atoms with Crippen molar-refractivity contribution in [3.8, 4) is 17.1 Å². The second-order valence-electron chi connectivity index (χ2n) is 7.25. The van der Waals surface area contributed by atoms with Crippen LogP contribution in [0.25, 0.3) is 11.4 Å². The maximum atomic E-state index is 12.0. The molecule has 156 valence electrons. The number of aromatic nitrogens is 3. The Morgan fingerprint density at radius 3 is 2.55 bits per heavy atom. The summed E-state index contributed by atoms with van der Waals surface area (Å²) in [6.07, 6.45) is 4.63. The number of carbonyl (C=O) groups is 2. The van der Waals surface area contributed by atoms with Crippen molar-refractivity contribution in [1.29, 1.82) is 0 Å². The lowest BCUT2D eigenvalue weighted by Crippen LogP contribution is -2.41. The zero-order valence-electron chi connectivity index (χ0n) is 17.0. The van der Waals surface area contributed by atoms with E-state index in [1.165, 1.54) is 31.5 Å². The molecule has 0 saturated heterocycles. The van der Waals surface area contributed by atoms with Gasteiger partial charge in [-0.05, 0) is 43.0 Å². The smallest absolute Gasteiger partial charge is 0.248 e. The van der Waals surface area contributed by atoms with E-state index in [9.17, 15) is 9.59 Å². The summed E-state index contributed by atoms with van der Waals surface area (Å²) < 4.78 is 7.44. The molecule has 1 heterocycles. The maximum Gasteiger partial charge on any atom is 0.248 e. The summed E-state index contributed by atoms with van der Waals surface area (Å²) in [5, 5.41) is 9.56. The molecule has 1 fully saturated rings. The van der Waals surface area contributed by atoms with E-state index >= 15 is 0 Å². The largest absolute Gasteiger partial charge is 0.497 e. The normalized spacial score (nSPS) is 18.9. The number of nitrogens with one attached hydrogen (secondary N) is 2. The van der Waals surface area contributed by atoms with Crippen molar-refractivity contribution in [2.75, 3.05) is 12.9 Å². The van der Waals surface area contributed by atoms with E-state index in [1.807, 2.05) is 24.3 Å². The Balaban J connectivity index is 1.86. The number of thioether (sulfide) groups is 1. The van der Waals surface area contributed by atoms with Gasteiger partial charge in [0.25, 0.3) is 0 Å². The number of methoxy groups -OCH3 is 1. The number of nitrogens with zero attached hydrogens (tertiary/aromatic N) is 3. The number of amides is 2. The Kier molecular flexibility index (Phi) is 7.13. The number of benzene rings is 1. The Hall–Kier alpha value is -2.55. The maximum absolute atomic E-state index is 12.0. The molecule has 0 radical (unpaired) electrons. The highest BCUT2D eigenvalue weighted by Gasteiger charge is 2.29. The van der Waals surface area contributed by atoms with Crippen molar-refractivity contribution >= 4 is 23.6 Å². The van der Waals surface area contributed by atoms with Gasteiger partial charge < -0.3 is 4.74 Å². The van der Waals surface area contributed by atoms with Crippen LogP contribution in [0.3, 0.4) is 0 Å². The van der Waals surface area contributed by atoms with Gasteiger partial charge in [-0.2, -0.15) is 0 Å². The highest BCUT2D eigenvalue weighted by atomic mass is 32.2. The van der Waals surface area contributed by atoms with Gasteiger partial charge in [0.05, 0.1) is 12.9 Å². The molecule has 1 saturated carbocycles. The van der Waals surface area contributed by atoms with Crippen molar-refractivity contribution in [2.45, 2.75) is 50.7 Å². The van der Waals surface area contributed by atoms with Gasteiger partial charge in [0, 0.05) is 18.5 Å². The first kappa shape index (κ1) is 21.2. The monoisotopic (exact) mass is 417 g/mol. The Morgan fingerprint density at radius 2 is 1.90 bits per heavy atom. The number of rotatable bonds is 6. The predicted molar refractivity (Wildman–Crippen MR) is 111 cm³/mol. The third-order valence-corrected chi connectivity index (χ3v) is 6.06.